The van der Waals surface area contributed by atoms with Crippen LogP contribution in [0, 0.1) is 0 Å². The molecule has 0 amide bonds. The van der Waals surface area contributed by atoms with Gasteiger partial charge < -0.3 is 9.32 Å². The predicted octanol–water partition coefficient (Wildman–Crippen LogP) is 2.34. The summed E-state index contributed by atoms with van der Waals surface area (Å²) in [6, 6.07) is 8.68. The average molecular weight is 310 g/mol. The van der Waals surface area contributed by atoms with Crippen LogP contribution in [-0.4, -0.2) is 47.9 Å². The van der Waals surface area contributed by atoms with Gasteiger partial charge in [-0.3, -0.25) is 4.90 Å². The van der Waals surface area contributed by atoms with Crippen LogP contribution >= 0.6 is 15.9 Å². The Morgan fingerprint density at radius 2 is 1.94 bits per heavy atom. The van der Waals surface area contributed by atoms with Crippen LogP contribution in [0.15, 0.2) is 28.7 Å². The van der Waals surface area contributed by atoms with Crippen molar-refractivity contribution in [2.24, 2.45) is 0 Å². The van der Waals surface area contributed by atoms with Crippen molar-refractivity contribution in [1.29, 1.82) is 0 Å². The normalized spacial score (nSPS) is 17.5. The van der Waals surface area contributed by atoms with Gasteiger partial charge in [-0.1, -0.05) is 28.1 Å². The fourth-order valence-corrected chi connectivity index (χ4v) is 2.78. The highest BCUT2D eigenvalue weighted by Gasteiger charge is 2.20. The third-order valence-electron chi connectivity index (χ3n) is 3.33. The maximum absolute atomic E-state index is 5.79. The molecule has 4 nitrogen and oxygen atoms in total. The quantitative estimate of drug-likeness (QED) is 0.815. The molecule has 0 atom stereocenters. The Kier molecular flexibility index (Phi) is 3.52. The van der Waals surface area contributed by atoms with Crippen molar-refractivity contribution in [3.8, 4) is 0 Å². The van der Waals surface area contributed by atoms with Gasteiger partial charge in [0.05, 0.1) is 0 Å². The summed E-state index contributed by atoms with van der Waals surface area (Å²) in [6.45, 7) is 5.23. The van der Waals surface area contributed by atoms with E-state index in [9.17, 15) is 0 Å². The number of rotatable bonds is 3. The van der Waals surface area contributed by atoms with E-state index in [0.29, 0.717) is 0 Å². The molecule has 2 aromatic rings. The zero-order valence-electron chi connectivity index (χ0n) is 10.2. The lowest BCUT2D eigenvalue weighted by Gasteiger charge is -2.33. The second kappa shape index (κ2) is 5.28. The monoisotopic (exact) mass is 309 g/mol. The smallest absolute Gasteiger partial charge is 0.298 e. The molecular formula is C13H16BrN3O. The number of alkyl halides is 1. The minimum atomic E-state index is 0.759. The van der Waals surface area contributed by atoms with E-state index >= 15 is 0 Å². The number of para-hydroxylation sites is 2. The van der Waals surface area contributed by atoms with Gasteiger partial charge in [-0.15, -0.1) is 0 Å². The van der Waals surface area contributed by atoms with Crippen molar-refractivity contribution < 1.29 is 4.42 Å². The fraction of sp³-hybridized carbons (Fsp3) is 0.462. The molecule has 0 aliphatic carbocycles. The van der Waals surface area contributed by atoms with Crippen LogP contribution in [0.2, 0.25) is 0 Å². The summed E-state index contributed by atoms with van der Waals surface area (Å²) < 4.78 is 5.79. The molecule has 1 saturated heterocycles. The number of piperazine rings is 1. The first-order valence-corrected chi connectivity index (χ1v) is 7.38. The van der Waals surface area contributed by atoms with Crippen LogP contribution in [-0.2, 0) is 0 Å². The van der Waals surface area contributed by atoms with E-state index in [1.165, 1.54) is 0 Å². The molecule has 0 bridgehead atoms. The number of hydrogen-bond donors (Lipinski definition) is 0. The molecule has 0 saturated carbocycles. The Labute approximate surface area is 115 Å². The molecule has 96 valence electrons. The minimum Gasteiger partial charge on any atom is -0.423 e. The van der Waals surface area contributed by atoms with Gasteiger partial charge in [0, 0.05) is 38.1 Å². The minimum absolute atomic E-state index is 0.759. The molecule has 1 fully saturated rings. The Morgan fingerprint density at radius 3 is 2.67 bits per heavy atom. The average Bonchev–Trinajstić information content (AvgIpc) is 2.84. The van der Waals surface area contributed by atoms with Gasteiger partial charge in [0.1, 0.15) is 5.52 Å². The summed E-state index contributed by atoms with van der Waals surface area (Å²) in [7, 11) is 0. The summed E-state index contributed by atoms with van der Waals surface area (Å²) in [4.78, 5) is 9.22. The van der Waals surface area contributed by atoms with E-state index in [2.05, 4.69) is 30.7 Å². The number of oxazole rings is 1. The van der Waals surface area contributed by atoms with Crippen LogP contribution in [0.4, 0.5) is 6.01 Å². The molecule has 1 aliphatic heterocycles. The van der Waals surface area contributed by atoms with Crippen molar-refractivity contribution in [3.63, 3.8) is 0 Å². The van der Waals surface area contributed by atoms with Crippen molar-refractivity contribution in [1.82, 2.24) is 9.88 Å². The largest absolute Gasteiger partial charge is 0.423 e. The fourth-order valence-electron chi connectivity index (χ4n) is 2.28. The molecule has 5 heteroatoms. The van der Waals surface area contributed by atoms with Crippen LogP contribution < -0.4 is 4.90 Å². The summed E-state index contributed by atoms with van der Waals surface area (Å²) in [6.07, 6.45) is 0. The summed E-state index contributed by atoms with van der Waals surface area (Å²) >= 11 is 3.48. The molecule has 0 N–H and O–H groups in total. The lowest BCUT2D eigenvalue weighted by atomic mass is 10.3. The summed E-state index contributed by atoms with van der Waals surface area (Å²) in [5, 5.41) is 1.04. The lowest BCUT2D eigenvalue weighted by molar-refractivity contribution is 0.269. The molecule has 18 heavy (non-hydrogen) atoms. The van der Waals surface area contributed by atoms with Crippen LogP contribution in [0.3, 0.4) is 0 Å². The predicted molar refractivity (Wildman–Crippen MR) is 76.5 cm³/mol. The zero-order chi connectivity index (χ0) is 12.4. The van der Waals surface area contributed by atoms with Gasteiger partial charge in [-0.25, -0.2) is 0 Å². The van der Waals surface area contributed by atoms with Gasteiger partial charge in [-0.2, -0.15) is 4.98 Å². The molecule has 3 rings (SSSR count). The van der Waals surface area contributed by atoms with Crippen molar-refractivity contribution in [2.75, 3.05) is 43.0 Å². The van der Waals surface area contributed by atoms with Gasteiger partial charge in [-0.05, 0) is 12.1 Å². The van der Waals surface area contributed by atoms with Crippen LogP contribution in [0.1, 0.15) is 0 Å². The molecule has 0 radical (unpaired) electrons. The third kappa shape index (κ3) is 2.37. The number of hydrogen-bond acceptors (Lipinski definition) is 4. The topological polar surface area (TPSA) is 32.5 Å². The van der Waals surface area contributed by atoms with E-state index in [0.717, 1.165) is 55.2 Å². The maximum atomic E-state index is 5.79. The number of nitrogens with zero attached hydrogens (tertiary/aromatic N) is 3. The van der Waals surface area contributed by atoms with E-state index in [4.69, 9.17) is 4.42 Å². The van der Waals surface area contributed by atoms with E-state index < -0.39 is 0 Å². The SMILES string of the molecule is BrCCN1CCN(c2nc3ccccc3o2)CC1. The third-order valence-corrected chi connectivity index (χ3v) is 3.68. The number of halogens is 1. The summed E-state index contributed by atoms with van der Waals surface area (Å²) in [5.41, 5.74) is 1.81. The Hall–Kier alpha value is -1.07. The van der Waals surface area contributed by atoms with E-state index in [1.54, 1.807) is 0 Å². The van der Waals surface area contributed by atoms with E-state index in [-0.39, 0.29) is 0 Å². The standard InChI is InChI=1S/C13H16BrN3O/c14-5-6-16-7-9-17(10-8-16)13-15-11-3-1-2-4-12(11)18-13/h1-4H,5-10H2. The van der Waals surface area contributed by atoms with Crippen LogP contribution in [0.25, 0.3) is 11.1 Å². The lowest BCUT2D eigenvalue weighted by Crippen LogP contribution is -2.47. The molecule has 1 aliphatic rings. The Bertz CT molecular complexity index is 487. The van der Waals surface area contributed by atoms with Crippen molar-refractivity contribution in [2.45, 2.75) is 0 Å². The van der Waals surface area contributed by atoms with Gasteiger partial charge >= 0.3 is 0 Å². The maximum Gasteiger partial charge on any atom is 0.298 e. The second-order valence-electron chi connectivity index (χ2n) is 4.48. The first-order valence-electron chi connectivity index (χ1n) is 6.25. The highest BCUT2D eigenvalue weighted by Crippen LogP contribution is 2.22. The second-order valence-corrected chi connectivity index (χ2v) is 5.27. The number of anilines is 1. The molecule has 1 aromatic carbocycles. The number of aromatic nitrogens is 1. The Morgan fingerprint density at radius 1 is 1.17 bits per heavy atom. The van der Waals surface area contributed by atoms with Crippen molar-refractivity contribution >= 4 is 33.0 Å². The van der Waals surface area contributed by atoms with Gasteiger partial charge in [0.2, 0.25) is 0 Å². The number of fused-ring (bicyclic) bond motifs is 1. The van der Waals surface area contributed by atoms with Crippen molar-refractivity contribution in [3.05, 3.63) is 24.3 Å². The molecule has 0 unspecified atom stereocenters. The summed E-state index contributed by atoms with van der Waals surface area (Å²) in [5.74, 6) is 0. The van der Waals surface area contributed by atoms with Crippen LogP contribution in [0.5, 0.6) is 0 Å². The molecule has 0 spiro atoms. The number of benzene rings is 1. The molecular weight excluding hydrogens is 294 g/mol. The zero-order valence-corrected chi connectivity index (χ0v) is 11.8. The first kappa shape index (κ1) is 12.0. The highest BCUT2D eigenvalue weighted by atomic mass is 79.9. The van der Waals surface area contributed by atoms with Gasteiger partial charge in [0.15, 0.2) is 5.58 Å². The van der Waals surface area contributed by atoms with E-state index in [1.807, 2.05) is 24.3 Å². The molecule has 1 aromatic heterocycles. The van der Waals surface area contributed by atoms with Gasteiger partial charge in [0.25, 0.3) is 6.01 Å². The molecule has 2 heterocycles. The first-order chi connectivity index (χ1) is 8.86. The Balaban J connectivity index is 1.72. The highest BCUT2D eigenvalue weighted by molar-refractivity contribution is 9.09.